The van der Waals surface area contributed by atoms with Crippen LogP contribution in [0.5, 0.6) is 0 Å². The summed E-state index contributed by atoms with van der Waals surface area (Å²) in [5.41, 5.74) is 2.66. The molecule has 27 heavy (non-hydrogen) atoms. The van der Waals surface area contributed by atoms with Gasteiger partial charge in [-0.2, -0.15) is 0 Å². The van der Waals surface area contributed by atoms with Gasteiger partial charge in [-0.15, -0.1) is 35.0 Å². The molecule has 2 aromatic rings. The third kappa shape index (κ3) is 10.3. The molecule has 0 nitrogen and oxygen atoms in total. The molecule has 0 heterocycles. The van der Waals surface area contributed by atoms with Crippen molar-refractivity contribution in [2.75, 3.05) is 0 Å². The van der Waals surface area contributed by atoms with Gasteiger partial charge in [0.15, 0.2) is 0 Å². The molecule has 0 aliphatic carbocycles. The van der Waals surface area contributed by atoms with E-state index >= 15 is 0 Å². The lowest BCUT2D eigenvalue weighted by molar-refractivity contribution is 0.699. The lowest BCUT2D eigenvalue weighted by Crippen LogP contribution is -2.01. The van der Waals surface area contributed by atoms with E-state index in [0.29, 0.717) is 0 Å². The van der Waals surface area contributed by atoms with Crippen LogP contribution in [-0.4, -0.2) is 9.42 Å². The maximum absolute atomic E-state index is 6.45. The van der Waals surface area contributed by atoms with E-state index in [4.69, 9.17) is 46.4 Å². The Morgan fingerprint density at radius 2 is 0.963 bits per heavy atom. The number of unbranched alkanes of at least 4 members (excludes halogenated alkanes) is 2. The van der Waals surface area contributed by atoms with E-state index in [2.05, 4.69) is 24.3 Å². The second kappa shape index (κ2) is 13.2. The Kier molecular flexibility index (Phi) is 11.4. The van der Waals surface area contributed by atoms with Crippen LogP contribution in [0.2, 0.25) is 10.0 Å². The molecule has 2 rings (SSSR count). The molecule has 0 aliphatic rings. The summed E-state index contributed by atoms with van der Waals surface area (Å²) in [7, 11) is 0. The summed E-state index contributed by atoms with van der Waals surface area (Å²) < 4.78 is 0.183. The number of rotatable bonds is 12. The SMILES string of the molecule is Clc1ccc(CCCCC(Cl)SC(Cl)CCCCc2ccc(Cl)cc2)cc1. The van der Waals surface area contributed by atoms with Crippen molar-refractivity contribution in [2.24, 2.45) is 0 Å². The van der Waals surface area contributed by atoms with Crippen LogP contribution < -0.4 is 0 Å². The van der Waals surface area contributed by atoms with Crippen LogP contribution in [0.4, 0.5) is 0 Å². The van der Waals surface area contributed by atoms with Crippen LogP contribution in [0.3, 0.4) is 0 Å². The van der Waals surface area contributed by atoms with Crippen LogP contribution in [0.1, 0.15) is 49.7 Å². The number of alkyl halides is 2. The highest BCUT2D eigenvalue weighted by atomic mass is 35.5. The molecule has 0 saturated carbocycles. The standard InChI is InChI=1S/C22H26Cl4S/c23-19-13-9-17(10-14-19)5-1-3-7-21(25)27-22(26)8-4-2-6-18-11-15-20(24)16-12-18/h9-16,21-22H,1-8H2. The highest BCUT2D eigenvalue weighted by Gasteiger charge is 2.12. The number of benzene rings is 2. The van der Waals surface area contributed by atoms with E-state index in [-0.39, 0.29) is 9.42 Å². The Morgan fingerprint density at radius 3 is 1.33 bits per heavy atom. The van der Waals surface area contributed by atoms with Crippen molar-refractivity contribution >= 4 is 58.2 Å². The summed E-state index contributed by atoms with van der Waals surface area (Å²) >= 11 is 26.4. The van der Waals surface area contributed by atoms with Crippen molar-refractivity contribution in [3.05, 3.63) is 69.7 Å². The minimum Gasteiger partial charge on any atom is -0.123 e. The van der Waals surface area contributed by atoms with Crippen LogP contribution in [0, 0.1) is 0 Å². The van der Waals surface area contributed by atoms with Gasteiger partial charge in [-0.05, 0) is 73.9 Å². The summed E-state index contributed by atoms with van der Waals surface area (Å²) in [6, 6.07) is 16.2. The fourth-order valence-electron chi connectivity index (χ4n) is 2.87. The highest BCUT2D eigenvalue weighted by molar-refractivity contribution is 8.02. The Bertz CT molecular complexity index is 585. The third-order valence-corrected chi connectivity index (χ3v) is 7.03. The number of hydrogen-bond acceptors (Lipinski definition) is 1. The molecule has 0 amide bonds. The molecule has 0 saturated heterocycles. The molecule has 148 valence electrons. The quantitative estimate of drug-likeness (QED) is 0.223. The third-order valence-electron chi connectivity index (χ3n) is 4.41. The van der Waals surface area contributed by atoms with Gasteiger partial charge >= 0.3 is 0 Å². The van der Waals surface area contributed by atoms with Crippen molar-refractivity contribution < 1.29 is 0 Å². The van der Waals surface area contributed by atoms with Gasteiger partial charge in [0.05, 0.1) is 9.42 Å². The van der Waals surface area contributed by atoms with E-state index in [1.807, 2.05) is 24.3 Å². The first-order valence-corrected chi connectivity index (χ1v) is 12.0. The van der Waals surface area contributed by atoms with E-state index < -0.39 is 0 Å². The number of aryl methyl sites for hydroxylation is 2. The molecule has 5 heteroatoms. The average molecular weight is 464 g/mol. The van der Waals surface area contributed by atoms with Gasteiger partial charge in [-0.3, -0.25) is 0 Å². The monoisotopic (exact) mass is 462 g/mol. The summed E-state index contributed by atoms with van der Waals surface area (Å²) in [5.74, 6) is 0. The van der Waals surface area contributed by atoms with Crippen molar-refractivity contribution in [3.8, 4) is 0 Å². The molecule has 0 N–H and O–H groups in total. The Labute approximate surface area is 187 Å². The molecule has 0 spiro atoms. The maximum Gasteiger partial charge on any atom is 0.0803 e. The first kappa shape index (κ1) is 23.2. The van der Waals surface area contributed by atoms with Crippen molar-refractivity contribution in [3.63, 3.8) is 0 Å². The van der Waals surface area contributed by atoms with E-state index in [1.165, 1.54) is 11.1 Å². The minimum atomic E-state index is 0.0917. The van der Waals surface area contributed by atoms with Gasteiger partial charge in [-0.1, -0.05) is 60.3 Å². The number of thioether (sulfide) groups is 1. The molecule has 0 bridgehead atoms. The first-order valence-electron chi connectivity index (χ1n) is 9.45. The predicted octanol–water partition coefficient (Wildman–Crippen LogP) is 8.98. The molecule has 0 fully saturated rings. The summed E-state index contributed by atoms with van der Waals surface area (Å²) in [6.45, 7) is 0. The second-order valence-electron chi connectivity index (χ2n) is 6.70. The fourth-order valence-corrected chi connectivity index (χ4v) is 5.26. The fraction of sp³-hybridized carbons (Fsp3) is 0.455. The largest absolute Gasteiger partial charge is 0.123 e. The molecule has 0 aliphatic heterocycles. The summed E-state index contributed by atoms with van der Waals surface area (Å²) in [6.07, 6.45) is 8.63. The topological polar surface area (TPSA) is 0 Å². The normalized spacial score (nSPS) is 13.5. The van der Waals surface area contributed by atoms with Crippen LogP contribution in [0.25, 0.3) is 0 Å². The van der Waals surface area contributed by atoms with Gasteiger partial charge in [0, 0.05) is 10.0 Å². The van der Waals surface area contributed by atoms with E-state index in [1.54, 1.807) is 11.8 Å². The molecule has 2 unspecified atom stereocenters. The van der Waals surface area contributed by atoms with Gasteiger partial charge in [0.2, 0.25) is 0 Å². The molecule has 0 radical (unpaired) electrons. The average Bonchev–Trinajstić information content (AvgIpc) is 2.65. The van der Waals surface area contributed by atoms with Crippen molar-refractivity contribution in [2.45, 2.75) is 60.8 Å². The molecule has 2 aromatic carbocycles. The lowest BCUT2D eigenvalue weighted by atomic mass is 10.1. The Hall–Kier alpha value is -0.0500. The first-order chi connectivity index (χ1) is 13.0. The smallest absolute Gasteiger partial charge is 0.0803 e. The van der Waals surface area contributed by atoms with E-state index in [9.17, 15) is 0 Å². The maximum atomic E-state index is 6.45. The van der Waals surface area contributed by atoms with Crippen molar-refractivity contribution in [1.29, 1.82) is 0 Å². The van der Waals surface area contributed by atoms with Crippen LogP contribution in [0.15, 0.2) is 48.5 Å². The lowest BCUT2D eigenvalue weighted by Gasteiger charge is -2.14. The van der Waals surface area contributed by atoms with Gasteiger partial charge in [0.25, 0.3) is 0 Å². The Morgan fingerprint density at radius 1 is 0.593 bits per heavy atom. The summed E-state index contributed by atoms with van der Waals surface area (Å²) in [5, 5.41) is 1.58. The molecular weight excluding hydrogens is 438 g/mol. The zero-order valence-corrected chi connectivity index (χ0v) is 19.2. The number of hydrogen-bond donors (Lipinski definition) is 0. The summed E-state index contributed by atoms with van der Waals surface area (Å²) in [4.78, 5) is 0. The van der Waals surface area contributed by atoms with Crippen LogP contribution in [-0.2, 0) is 12.8 Å². The van der Waals surface area contributed by atoms with Gasteiger partial charge in [-0.25, -0.2) is 0 Å². The van der Waals surface area contributed by atoms with Gasteiger partial charge < -0.3 is 0 Å². The molecule has 0 aromatic heterocycles. The highest BCUT2D eigenvalue weighted by Crippen LogP contribution is 2.31. The predicted molar refractivity (Wildman–Crippen MR) is 125 cm³/mol. The molecular formula is C22H26Cl4S. The van der Waals surface area contributed by atoms with Crippen molar-refractivity contribution in [1.82, 2.24) is 0 Å². The second-order valence-corrected chi connectivity index (χ2v) is 10.6. The van der Waals surface area contributed by atoms with Gasteiger partial charge in [0.1, 0.15) is 0 Å². The number of halogens is 4. The Balaban J connectivity index is 1.51. The van der Waals surface area contributed by atoms with E-state index in [0.717, 1.165) is 61.4 Å². The van der Waals surface area contributed by atoms with Crippen LogP contribution >= 0.6 is 58.2 Å². The molecule has 2 atom stereocenters. The zero-order chi connectivity index (χ0) is 19.5. The minimum absolute atomic E-state index is 0.0917. The zero-order valence-electron chi connectivity index (χ0n) is 15.4.